The first-order chi connectivity index (χ1) is 10.6. The van der Waals surface area contributed by atoms with E-state index in [-0.39, 0.29) is 5.75 Å². The molecule has 0 saturated carbocycles. The second-order valence-electron chi connectivity index (χ2n) is 6.09. The van der Waals surface area contributed by atoms with Crippen LogP contribution in [0.25, 0.3) is 0 Å². The number of hydrogen-bond acceptors (Lipinski definition) is 4. The summed E-state index contributed by atoms with van der Waals surface area (Å²) in [5, 5.41) is 9.72. The van der Waals surface area contributed by atoms with E-state index in [1.54, 1.807) is 39.0 Å². The number of benzene rings is 1. The molecule has 0 bridgehead atoms. The third-order valence-electron chi connectivity index (χ3n) is 3.12. The van der Waals surface area contributed by atoms with E-state index in [0.717, 1.165) is 0 Å². The maximum Gasteiger partial charge on any atom is 0.412 e. The van der Waals surface area contributed by atoms with E-state index in [4.69, 9.17) is 27.9 Å². The average Bonchev–Trinajstić information content (AvgIpc) is 2.81. The molecule has 2 atom stereocenters. The molecule has 23 heavy (non-hydrogen) atoms. The summed E-state index contributed by atoms with van der Waals surface area (Å²) in [6.07, 6.45) is -0.675. The Morgan fingerprint density at radius 2 is 2.00 bits per heavy atom. The molecule has 1 heterocycles. The molecule has 1 aromatic rings. The van der Waals surface area contributed by atoms with Crippen molar-refractivity contribution in [2.24, 2.45) is 0 Å². The molecule has 1 aromatic carbocycles. The first kappa shape index (κ1) is 18.2. The van der Waals surface area contributed by atoms with E-state index in [0.29, 0.717) is 15.6 Å². The molecule has 0 radical (unpaired) electrons. The lowest BCUT2D eigenvalue weighted by atomic mass is 10.1. The van der Waals surface area contributed by atoms with Gasteiger partial charge in [-0.05, 0) is 32.9 Å². The highest BCUT2D eigenvalue weighted by Gasteiger charge is 2.44. The van der Waals surface area contributed by atoms with Crippen molar-refractivity contribution in [3.05, 3.63) is 33.8 Å². The molecular formula is C15H17Cl2NO4S. The maximum absolute atomic E-state index is 12.5. The molecule has 1 fully saturated rings. The van der Waals surface area contributed by atoms with Crippen molar-refractivity contribution >= 4 is 47.0 Å². The van der Waals surface area contributed by atoms with Crippen molar-refractivity contribution in [1.82, 2.24) is 4.90 Å². The summed E-state index contributed by atoms with van der Waals surface area (Å²) in [6, 6.07) is 3.96. The van der Waals surface area contributed by atoms with Crippen LogP contribution in [-0.2, 0) is 9.53 Å². The number of carboxylic acids is 1. The second-order valence-corrected chi connectivity index (χ2v) is 8.05. The number of thioether (sulfide) groups is 1. The van der Waals surface area contributed by atoms with E-state index < -0.39 is 29.1 Å². The third-order valence-corrected chi connectivity index (χ3v) is 4.99. The van der Waals surface area contributed by atoms with Gasteiger partial charge in [0, 0.05) is 21.4 Å². The van der Waals surface area contributed by atoms with Gasteiger partial charge in [-0.3, -0.25) is 4.90 Å². The quantitative estimate of drug-likeness (QED) is 0.825. The minimum atomic E-state index is -1.07. The molecule has 5 nitrogen and oxygen atoms in total. The predicted molar refractivity (Wildman–Crippen MR) is 91.2 cm³/mol. The molecule has 2 rings (SSSR count). The van der Waals surface area contributed by atoms with Gasteiger partial charge >= 0.3 is 12.1 Å². The first-order valence-electron chi connectivity index (χ1n) is 6.91. The van der Waals surface area contributed by atoms with Crippen LogP contribution >= 0.6 is 35.0 Å². The van der Waals surface area contributed by atoms with Crippen LogP contribution in [0.1, 0.15) is 31.7 Å². The minimum Gasteiger partial charge on any atom is -0.480 e. The van der Waals surface area contributed by atoms with Crippen LogP contribution in [0, 0.1) is 0 Å². The van der Waals surface area contributed by atoms with Crippen molar-refractivity contribution < 1.29 is 19.4 Å². The van der Waals surface area contributed by atoms with Crippen molar-refractivity contribution in [2.45, 2.75) is 37.8 Å². The van der Waals surface area contributed by atoms with Gasteiger partial charge in [-0.15, -0.1) is 11.8 Å². The standard InChI is InChI=1S/C15H17Cl2NO4S/c1-15(2,3)22-14(21)18-11(13(19)20)7-23-12(18)9-5-4-8(16)6-10(9)17/h4-6,11-12H,7H2,1-3H3,(H,19,20)/t11-,12?/m1/s1. The van der Waals surface area contributed by atoms with Crippen molar-refractivity contribution in [3.8, 4) is 0 Å². The zero-order valence-electron chi connectivity index (χ0n) is 12.9. The molecule has 1 N–H and O–H groups in total. The number of halogens is 2. The van der Waals surface area contributed by atoms with Crippen LogP contribution in [0.5, 0.6) is 0 Å². The topological polar surface area (TPSA) is 66.8 Å². The van der Waals surface area contributed by atoms with Gasteiger partial charge in [-0.2, -0.15) is 0 Å². The maximum atomic E-state index is 12.5. The Labute approximate surface area is 148 Å². The normalized spacial score (nSPS) is 21.3. The van der Waals surface area contributed by atoms with Gasteiger partial charge in [-0.1, -0.05) is 29.3 Å². The second kappa shape index (κ2) is 6.79. The molecule has 1 amide bonds. The van der Waals surface area contributed by atoms with E-state index in [2.05, 4.69) is 0 Å². The Kier molecular flexibility index (Phi) is 5.38. The number of carbonyl (C=O) groups excluding carboxylic acids is 1. The van der Waals surface area contributed by atoms with Gasteiger partial charge < -0.3 is 9.84 Å². The molecule has 0 aliphatic carbocycles. The molecule has 1 unspecified atom stereocenters. The Balaban J connectivity index is 2.37. The highest BCUT2D eigenvalue weighted by Crippen LogP contribution is 2.44. The summed E-state index contributed by atoms with van der Waals surface area (Å²) >= 11 is 13.4. The van der Waals surface area contributed by atoms with Crippen LogP contribution in [0.15, 0.2) is 18.2 Å². The largest absolute Gasteiger partial charge is 0.480 e. The Bertz CT molecular complexity index is 632. The fourth-order valence-electron chi connectivity index (χ4n) is 2.18. The van der Waals surface area contributed by atoms with Crippen LogP contribution < -0.4 is 0 Å². The lowest BCUT2D eigenvalue weighted by molar-refractivity contribution is -0.142. The number of hydrogen-bond donors (Lipinski definition) is 1. The van der Waals surface area contributed by atoms with Crippen LogP contribution in [0.2, 0.25) is 10.0 Å². The SMILES string of the molecule is CC(C)(C)OC(=O)N1C(c2ccc(Cl)cc2Cl)SC[C@@H]1C(=O)O. The third kappa shape index (κ3) is 4.25. The van der Waals surface area contributed by atoms with E-state index >= 15 is 0 Å². The van der Waals surface area contributed by atoms with Crippen LogP contribution in [0.3, 0.4) is 0 Å². The minimum absolute atomic E-state index is 0.262. The number of carboxylic acid groups (broad SMARTS) is 1. The summed E-state index contributed by atoms with van der Waals surface area (Å²) in [5.41, 5.74) is -0.0856. The smallest absolute Gasteiger partial charge is 0.412 e. The molecule has 1 aliphatic heterocycles. The summed E-state index contributed by atoms with van der Waals surface area (Å²) in [7, 11) is 0. The Hall–Kier alpha value is -1.11. The zero-order valence-corrected chi connectivity index (χ0v) is 15.2. The monoisotopic (exact) mass is 377 g/mol. The number of aliphatic carboxylic acids is 1. The Morgan fingerprint density at radius 3 is 2.52 bits per heavy atom. The van der Waals surface area contributed by atoms with Gasteiger partial charge in [0.25, 0.3) is 0 Å². The van der Waals surface area contributed by atoms with Gasteiger partial charge in [-0.25, -0.2) is 9.59 Å². The molecule has 0 aromatic heterocycles. The number of rotatable bonds is 2. The predicted octanol–water partition coefficient (Wildman–Crippen LogP) is 4.43. The van der Waals surface area contributed by atoms with Crippen LogP contribution in [0.4, 0.5) is 4.79 Å². The lowest BCUT2D eigenvalue weighted by Gasteiger charge is -2.30. The van der Waals surface area contributed by atoms with Crippen molar-refractivity contribution in [1.29, 1.82) is 0 Å². The van der Waals surface area contributed by atoms with Crippen molar-refractivity contribution in [2.75, 3.05) is 5.75 Å². The number of carbonyl (C=O) groups is 2. The van der Waals surface area contributed by atoms with E-state index in [9.17, 15) is 14.7 Å². The first-order valence-corrected chi connectivity index (χ1v) is 8.71. The molecule has 126 valence electrons. The number of nitrogens with zero attached hydrogens (tertiary/aromatic N) is 1. The highest BCUT2D eigenvalue weighted by atomic mass is 35.5. The fourth-order valence-corrected chi connectivity index (χ4v) is 4.20. The van der Waals surface area contributed by atoms with Gasteiger partial charge in [0.05, 0.1) is 0 Å². The molecule has 8 heteroatoms. The average molecular weight is 378 g/mol. The van der Waals surface area contributed by atoms with Gasteiger partial charge in [0.2, 0.25) is 0 Å². The molecule has 1 saturated heterocycles. The molecule has 1 aliphatic rings. The number of ether oxygens (including phenoxy) is 1. The summed E-state index contributed by atoms with van der Waals surface area (Å²) in [6.45, 7) is 5.19. The van der Waals surface area contributed by atoms with E-state index in [1.165, 1.54) is 16.7 Å². The zero-order chi connectivity index (χ0) is 17.4. The number of amides is 1. The summed E-state index contributed by atoms with van der Waals surface area (Å²) in [4.78, 5) is 25.2. The fraction of sp³-hybridized carbons (Fsp3) is 0.467. The molecule has 0 spiro atoms. The van der Waals surface area contributed by atoms with Crippen LogP contribution in [-0.4, -0.2) is 39.5 Å². The van der Waals surface area contributed by atoms with Gasteiger partial charge in [0.1, 0.15) is 17.0 Å². The van der Waals surface area contributed by atoms with E-state index in [1.807, 2.05) is 0 Å². The van der Waals surface area contributed by atoms with Gasteiger partial charge in [0.15, 0.2) is 0 Å². The Morgan fingerprint density at radius 1 is 1.35 bits per heavy atom. The van der Waals surface area contributed by atoms with Crippen molar-refractivity contribution in [3.63, 3.8) is 0 Å². The summed E-state index contributed by atoms with van der Waals surface area (Å²) < 4.78 is 5.36. The highest BCUT2D eigenvalue weighted by molar-refractivity contribution is 7.99. The lowest BCUT2D eigenvalue weighted by Crippen LogP contribution is -2.45. The molecular weight excluding hydrogens is 361 g/mol. The summed E-state index contributed by atoms with van der Waals surface area (Å²) in [5.74, 6) is -0.811.